The Morgan fingerprint density at radius 1 is 1.25 bits per heavy atom. The number of fused-ring (bicyclic) bond motifs is 5. The van der Waals surface area contributed by atoms with Crippen LogP contribution in [0.25, 0.3) is 11.3 Å². The smallest absolute Gasteiger partial charge is 0.317 e. The maximum absolute atomic E-state index is 14.3. The summed E-state index contributed by atoms with van der Waals surface area (Å²) < 4.78 is 28.5. The summed E-state index contributed by atoms with van der Waals surface area (Å²) >= 11 is 0. The molecule has 5 rings (SSSR count). The molecule has 2 aliphatic carbocycles. The summed E-state index contributed by atoms with van der Waals surface area (Å²) in [7, 11) is 0. The van der Waals surface area contributed by atoms with Gasteiger partial charge in [-0.2, -0.15) is 10.2 Å². The minimum atomic E-state index is -0.639. The Morgan fingerprint density at radius 2 is 2.00 bits per heavy atom. The lowest BCUT2D eigenvalue weighted by Crippen LogP contribution is -2.47. The van der Waals surface area contributed by atoms with Crippen LogP contribution in [0.5, 0.6) is 0 Å². The molecule has 2 heterocycles. The first-order valence-corrected chi connectivity index (χ1v) is 9.70. The van der Waals surface area contributed by atoms with Crippen molar-refractivity contribution < 1.29 is 13.6 Å². The molecular weight excluding hydrogens is 362 g/mol. The summed E-state index contributed by atoms with van der Waals surface area (Å²) in [6.45, 7) is 6.36. The second-order valence-electron chi connectivity index (χ2n) is 8.68. The fourth-order valence-corrected chi connectivity index (χ4v) is 5.63. The molecule has 3 aliphatic rings. The fourth-order valence-electron chi connectivity index (χ4n) is 5.63. The van der Waals surface area contributed by atoms with E-state index in [4.69, 9.17) is 0 Å². The van der Waals surface area contributed by atoms with E-state index in [2.05, 4.69) is 29.4 Å². The monoisotopic (exact) mass is 384 g/mol. The molecule has 2 bridgehead atoms. The molecule has 0 spiro atoms. The number of benzene rings is 1. The molecule has 2 amide bonds. The number of carbonyl (C=O) groups is 1. The van der Waals surface area contributed by atoms with Crippen molar-refractivity contribution in [3.63, 3.8) is 0 Å². The molecule has 146 valence electrons. The van der Waals surface area contributed by atoms with Crippen LogP contribution in [0.1, 0.15) is 43.9 Å². The van der Waals surface area contributed by atoms with Crippen LogP contribution in [0.3, 0.4) is 0 Å². The predicted molar refractivity (Wildman–Crippen MR) is 99.8 cm³/mol. The molecule has 7 heteroatoms. The lowest BCUT2D eigenvalue weighted by atomic mass is 9.68. The molecule has 2 fully saturated rings. The van der Waals surface area contributed by atoms with E-state index in [-0.39, 0.29) is 34.0 Å². The maximum Gasteiger partial charge on any atom is 0.317 e. The second-order valence-corrected chi connectivity index (χ2v) is 8.68. The van der Waals surface area contributed by atoms with Gasteiger partial charge >= 0.3 is 6.03 Å². The van der Waals surface area contributed by atoms with Crippen molar-refractivity contribution >= 4 is 6.03 Å². The summed E-state index contributed by atoms with van der Waals surface area (Å²) in [5.74, 6) is -1.04. The first kappa shape index (κ1) is 17.5. The van der Waals surface area contributed by atoms with Crippen molar-refractivity contribution in [3.8, 4) is 11.3 Å². The average molecular weight is 384 g/mol. The van der Waals surface area contributed by atoms with Crippen LogP contribution in [-0.2, 0) is 5.41 Å². The molecule has 1 N–H and O–H groups in total. The van der Waals surface area contributed by atoms with Crippen LogP contribution < -0.4 is 5.32 Å². The molecule has 0 unspecified atom stereocenters. The van der Waals surface area contributed by atoms with Gasteiger partial charge in [0.2, 0.25) is 0 Å². The number of rotatable bonds is 3. The van der Waals surface area contributed by atoms with Crippen molar-refractivity contribution in [1.82, 2.24) is 20.4 Å². The van der Waals surface area contributed by atoms with Gasteiger partial charge in [-0.3, -0.25) is 0 Å². The Balaban J connectivity index is 1.62. The van der Waals surface area contributed by atoms with E-state index in [9.17, 15) is 13.6 Å². The molecule has 1 saturated carbocycles. The lowest BCUT2D eigenvalue weighted by Gasteiger charge is -2.40. The number of nitrogens with one attached hydrogen (secondary N) is 1. The van der Waals surface area contributed by atoms with Crippen molar-refractivity contribution in [2.45, 2.75) is 38.0 Å². The van der Waals surface area contributed by atoms with Crippen LogP contribution in [0.4, 0.5) is 13.6 Å². The van der Waals surface area contributed by atoms with E-state index in [1.807, 2.05) is 4.90 Å². The van der Waals surface area contributed by atoms with E-state index < -0.39 is 11.6 Å². The number of aromatic nitrogens is 2. The zero-order chi connectivity index (χ0) is 19.7. The van der Waals surface area contributed by atoms with E-state index in [1.54, 1.807) is 6.07 Å². The van der Waals surface area contributed by atoms with Gasteiger partial charge in [-0.15, -0.1) is 0 Å². The molecular formula is C21H22F2N4O. The third kappa shape index (κ3) is 2.13. The minimum absolute atomic E-state index is 0.0416. The average Bonchev–Trinajstić information content (AvgIpc) is 3.22. The maximum atomic E-state index is 14.3. The molecule has 28 heavy (non-hydrogen) atoms. The normalized spacial score (nSPS) is 27.2. The Bertz CT molecular complexity index is 972. The number of hydrogen-bond donors (Lipinski definition) is 1. The summed E-state index contributed by atoms with van der Waals surface area (Å²) in [6.07, 6.45) is 1.91. The van der Waals surface area contributed by atoms with Gasteiger partial charge in [-0.25, -0.2) is 13.6 Å². The van der Waals surface area contributed by atoms with Gasteiger partial charge in [-0.1, -0.05) is 19.9 Å². The first-order valence-electron chi connectivity index (χ1n) is 9.70. The topological polar surface area (TPSA) is 58.1 Å². The quantitative estimate of drug-likeness (QED) is 0.880. The fraction of sp³-hybridized carbons (Fsp3) is 0.476. The Labute approximate surface area is 162 Å². The van der Waals surface area contributed by atoms with Crippen molar-refractivity contribution in [2.24, 2.45) is 5.41 Å². The van der Waals surface area contributed by atoms with Gasteiger partial charge in [0.15, 0.2) is 0 Å². The van der Waals surface area contributed by atoms with Gasteiger partial charge in [0.25, 0.3) is 0 Å². The zero-order valence-corrected chi connectivity index (χ0v) is 15.9. The number of urea groups is 1. The van der Waals surface area contributed by atoms with Crippen LogP contribution in [-0.4, -0.2) is 40.8 Å². The first-order chi connectivity index (χ1) is 13.3. The largest absolute Gasteiger partial charge is 0.336 e. The number of hydrogen-bond acceptors (Lipinski definition) is 3. The second kappa shape index (κ2) is 5.72. The SMILES string of the molecule is CC1(C)[C@H]2CC[C@]1(CN1CCNC1=O)c1nnc(-c3c(F)cccc3F)cc12. The van der Waals surface area contributed by atoms with Gasteiger partial charge < -0.3 is 10.2 Å². The van der Waals surface area contributed by atoms with Gasteiger partial charge in [-0.05, 0) is 47.9 Å². The molecule has 2 aromatic rings. The van der Waals surface area contributed by atoms with E-state index >= 15 is 0 Å². The van der Waals surface area contributed by atoms with Crippen molar-refractivity contribution in [1.29, 1.82) is 0 Å². The van der Waals surface area contributed by atoms with Gasteiger partial charge in [0, 0.05) is 25.0 Å². The third-order valence-electron chi connectivity index (χ3n) is 7.24. The number of nitrogens with zero attached hydrogens (tertiary/aromatic N) is 3. The molecule has 1 aromatic carbocycles. The van der Waals surface area contributed by atoms with E-state index in [0.29, 0.717) is 19.6 Å². The van der Waals surface area contributed by atoms with E-state index in [1.165, 1.54) is 18.2 Å². The lowest BCUT2D eigenvalue weighted by molar-refractivity contribution is 0.147. The number of halogens is 2. The van der Waals surface area contributed by atoms with Crippen molar-refractivity contribution in [3.05, 3.63) is 47.2 Å². The predicted octanol–water partition coefficient (Wildman–Crippen LogP) is 3.60. The standard InChI is InChI=1S/C21H22F2N4O/c1-20(2)13-6-7-21(20,11-27-9-8-24-19(27)28)18-12(13)10-16(25-26-18)17-14(22)4-3-5-15(17)23/h3-5,10,13H,6-9,11H2,1-2H3,(H,24,28)/t13-,21-/m0/s1. The van der Waals surface area contributed by atoms with Crippen LogP contribution in [0.15, 0.2) is 24.3 Å². The van der Waals surface area contributed by atoms with Gasteiger partial charge in [0.05, 0.1) is 17.0 Å². The molecule has 1 aromatic heterocycles. The number of carbonyl (C=O) groups excluding carboxylic acids is 1. The highest BCUT2D eigenvalue weighted by Gasteiger charge is 2.64. The summed E-state index contributed by atoms with van der Waals surface area (Å²) in [4.78, 5) is 14.0. The zero-order valence-electron chi connectivity index (χ0n) is 15.9. The van der Waals surface area contributed by atoms with Crippen LogP contribution in [0.2, 0.25) is 0 Å². The Kier molecular flexibility index (Phi) is 3.58. The third-order valence-corrected chi connectivity index (χ3v) is 7.24. The summed E-state index contributed by atoms with van der Waals surface area (Å²) in [5.41, 5.74) is 1.60. The summed E-state index contributed by atoms with van der Waals surface area (Å²) in [6, 6.07) is 5.57. The minimum Gasteiger partial charge on any atom is -0.336 e. The van der Waals surface area contributed by atoms with Gasteiger partial charge in [0.1, 0.15) is 11.6 Å². The van der Waals surface area contributed by atoms with Crippen LogP contribution >= 0.6 is 0 Å². The Morgan fingerprint density at radius 3 is 2.68 bits per heavy atom. The Hall–Kier alpha value is -2.57. The highest BCUT2D eigenvalue weighted by atomic mass is 19.1. The molecule has 0 radical (unpaired) electrons. The molecule has 1 saturated heterocycles. The number of amides is 2. The highest BCUT2D eigenvalue weighted by Crippen LogP contribution is 2.67. The highest BCUT2D eigenvalue weighted by molar-refractivity contribution is 5.76. The van der Waals surface area contributed by atoms with Crippen molar-refractivity contribution in [2.75, 3.05) is 19.6 Å². The molecule has 5 nitrogen and oxygen atoms in total. The van der Waals surface area contributed by atoms with E-state index in [0.717, 1.165) is 24.1 Å². The van der Waals surface area contributed by atoms with Crippen LogP contribution in [0, 0.1) is 17.0 Å². The molecule has 2 atom stereocenters. The summed E-state index contributed by atoms with van der Waals surface area (Å²) in [5, 5.41) is 11.6. The molecule has 1 aliphatic heterocycles.